The van der Waals surface area contributed by atoms with Gasteiger partial charge in [-0.3, -0.25) is 15.1 Å². The van der Waals surface area contributed by atoms with Crippen LogP contribution in [0.4, 0.5) is 30.2 Å². The molecule has 0 fully saturated rings. The number of para-hydroxylation sites is 1. The zero-order valence-corrected chi connectivity index (χ0v) is 19.3. The van der Waals surface area contributed by atoms with Crippen molar-refractivity contribution in [1.29, 1.82) is 0 Å². The van der Waals surface area contributed by atoms with Crippen LogP contribution in [0.3, 0.4) is 0 Å². The number of benzene rings is 3. The first kappa shape index (κ1) is 24.5. The zero-order valence-electron chi connectivity index (χ0n) is 19.3. The van der Waals surface area contributed by atoms with Crippen molar-refractivity contribution in [2.75, 3.05) is 11.9 Å². The van der Waals surface area contributed by atoms with E-state index in [1.807, 2.05) is 36.2 Å². The lowest BCUT2D eigenvalue weighted by atomic mass is 10.1. The van der Waals surface area contributed by atoms with Gasteiger partial charge in [-0.1, -0.05) is 24.3 Å². The fraction of sp³-hybridized carbons (Fsp3) is 0.115. The summed E-state index contributed by atoms with van der Waals surface area (Å²) in [7, 11) is 1.89. The van der Waals surface area contributed by atoms with Crippen LogP contribution in [0.1, 0.15) is 11.1 Å². The van der Waals surface area contributed by atoms with Crippen molar-refractivity contribution in [1.82, 2.24) is 10.2 Å². The molecular formula is C26H23F3N6O. The molecule has 36 heavy (non-hydrogen) atoms. The van der Waals surface area contributed by atoms with E-state index in [0.29, 0.717) is 17.0 Å². The predicted octanol–water partition coefficient (Wildman–Crippen LogP) is 6.02. The standard InChI is InChI=1S/C26H23F3N6O/c1-31-22-10-8-17(13-24(22)35(2)20-9-7-18-16-33-34-23(18)14-20)21(11-12-30)32-15-19-5-3-4-6-25(19)36-26(27,28)29/h3-14,16H,1,15,30H2,2H3,(H,33,34). The summed E-state index contributed by atoms with van der Waals surface area (Å²) in [5, 5.41) is 8.00. The lowest BCUT2D eigenvalue weighted by molar-refractivity contribution is -0.274. The number of anilines is 2. The number of aromatic nitrogens is 2. The number of fused-ring (bicyclic) bond motifs is 1. The average molecular weight is 493 g/mol. The van der Waals surface area contributed by atoms with E-state index in [1.54, 1.807) is 30.5 Å². The Bertz CT molecular complexity index is 1440. The van der Waals surface area contributed by atoms with E-state index in [2.05, 4.69) is 31.6 Å². The summed E-state index contributed by atoms with van der Waals surface area (Å²) >= 11 is 0. The Kier molecular flexibility index (Phi) is 7.05. The number of aliphatic imine (C=N–C) groups is 2. The third-order valence-corrected chi connectivity index (χ3v) is 5.49. The number of hydrogen-bond acceptors (Lipinski definition) is 6. The first-order valence-electron chi connectivity index (χ1n) is 10.8. The quantitative estimate of drug-likeness (QED) is 0.294. The van der Waals surface area contributed by atoms with Crippen LogP contribution >= 0.6 is 0 Å². The molecule has 0 bridgehead atoms. The molecule has 4 aromatic rings. The normalized spacial score (nSPS) is 12.3. The summed E-state index contributed by atoms with van der Waals surface area (Å²) in [6.45, 7) is 3.63. The number of H-pyrrole nitrogens is 1. The molecule has 184 valence electrons. The zero-order chi connectivity index (χ0) is 25.7. The van der Waals surface area contributed by atoms with Crippen molar-refractivity contribution < 1.29 is 17.9 Å². The first-order chi connectivity index (χ1) is 17.3. The molecule has 0 aliphatic heterocycles. The van der Waals surface area contributed by atoms with E-state index in [-0.39, 0.29) is 17.9 Å². The Morgan fingerprint density at radius 3 is 2.72 bits per heavy atom. The summed E-state index contributed by atoms with van der Waals surface area (Å²) in [4.78, 5) is 10.6. The fourth-order valence-electron chi connectivity index (χ4n) is 3.72. The highest BCUT2D eigenvalue weighted by atomic mass is 19.4. The van der Waals surface area contributed by atoms with Gasteiger partial charge in [-0.15, -0.1) is 13.2 Å². The maximum absolute atomic E-state index is 12.8. The van der Waals surface area contributed by atoms with E-state index >= 15 is 0 Å². The molecule has 1 heterocycles. The molecule has 0 aliphatic rings. The van der Waals surface area contributed by atoms with Crippen molar-refractivity contribution in [3.05, 3.63) is 90.3 Å². The second-order valence-electron chi connectivity index (χ2n) is 7.78. The molecule has 0 atom stereocenters. The fourth-order valence-corrected chi connectivity index (χ4v) is 3.72. The molecule has 3 aromatic carbocycles. The van der Waals surface area contributed by atoms with E-state index in [0.717, 1.165) is 22.3 Å². The van der Waals surface area contributed by atoms with Crippen molar-refractivity contribution in [3.63, 3.8) is 0 Å². The average Bonchev–Trinajstić information content (AvgIpc) is 3.33. The summed E-state index contributed by atoms with van der Waals surface area (Å²) < 4.78 is 42.5. The van der Waals surface area contributed by atoms with Crippen LogP contribution in [0.5, 0.6) is 5.75 Å². The Balaban J connectivity index is 1.69. The predicted molar refractivity (Wildman–Crippen MR) is 137 cm³/mol. The molecule has 10 heteroatoms. The molecule has 0 amide bonds. The van der Waals surface area contributed by atoms with Crippen molar-refractivity contribution in [2.24, 2.45) is 15.7 Å². The second-order valence-corrected chi connectivity index (χ2v) is 7.78. The molecule has 0 saturated carbocycles. The maximum Gasteiger partial charge on any atom is 0.573 e. The molecule has 7 nitrogen and oxygen atoms in total. The first-order valence-corrected chi connectivity index (χ1v) is 10.8. The molecular weight excluding hydrogens is 469 g/mol. The van der Waals surface area contributed by atoms with Crippen LogP contribution < -0.4 is 15.4 Å². The number of ether oxygens (including phenoxy) is 1. The highest BCUT2D eigenvalue weighted by Gasteiger charge is 2.31. The number of halogens is 3. The van der Waals surface area contributed by atoms with Crippen LogP contribution in [-0.4, -0.2) is 36.0 Å². The van der Waals surface area contributed by atoms with E-state index in [4.69, 9.17) is 5.73 Å². The number of rotatable bonds is 8. The maximum atomic E-state index is 12.8. The topological polar surface area (TPSA) is 91.9 Å². The summed E-state index contributed by atoms with van der Waals surface area (Å²) in [5.41, 5.74) is 10.3. The van der Waals surface area contributed by atoms with E-state index in [9.17, 15) is 13.2 Å². The number of allylic oxidation sites excluding steroid dienone is 1. The van der Waals surface area contributed by atoms with Crippen molar-refractivity contribution in [2.45, 2.75) is 12.9 Å². The monoisotopic (exact) mass is 492 g/mol. The largest absolute Gasteiger partial charge is 0.573 e. The molecule has 4 rings (SSSR count). The van der Waals surface area contributed by atoms with Gasteiger partial charge in [0.25, 0.3) is 0 Å². The van der Waals surface area contributed by atoms with Crippen LogP contribution in [-0.2, 0) is 6.54 Å². The van der Waals surface area contributed by atoms with Gasteiger partial charge in [-0.05, 0) is 55.4 Å². The van der Waals surface area contributed by atoms with Gasteiger partial charge in [0.1, 0.15) is 5.75 Å². The summed E-state index contributed by atoms with van der Waals surface area (Å²) in [5.74, 6) is -0.300. The summed E-state index contributed by atoms with van der Waals surface area (Å²) in [6, 6.07) is 17.2. The highest BCUT2D eigenvalue weighted by Crippen LogP contribution is 2.35. The number of nitrogens with one attached hydrogen (secondary N) is 1. The van der Waals surface area contributed by atoms with Gasteiger partial charge >= 0.3 is 6.36 Å². The molecule has 0 aliphatic carbocycles. The van der Waals surface area contributed by atoms with Gasteiger partial charge in [0.2, 0.25) is 0 Å². The molecule has 0 unspecified atom stereocenters. The number of nitrogens with two attached hydrogens (primary N) is 1. The van der Waals surface area contributed by atoms with Crippen LogP contribution in [0.25, 0.3) is 10.9 Å². The Hall–Kier alpha value is -4.60. The molecule has 0 saturated heterocycles. The lowest BCUT2D eigenvalue weighted by Gasteiger charge is -2.22. The van der Waals surface area contributed by atoms with Crippen LogP contribution in [0.15, 0.2) is 89.1 Å². The van der Waals surface area contributed by atoms with Crippen LogP contribution in [0.2, 0.25) is 0 Å². The third-order valence-electron chi connectivity index (χ3n) is 5.49. The van der Waals surface area contributed by atoms with Crippen LogP contribution in [0, 0.1) is 0 Å². The molecule has 1 aromatic heterocycles. The number of nitrogens with zero attached hydrogens (tertiary/aromatic N) is 4. The van der Waals surface area contributed by atoms with Crippen molar-refractivity contribution in [3.8, 4) is 5.75 Å². The van der Waals surface area contributed by atoms with Gasteiger partial charge < -0.3 is 15.4 Å². The smallest absolute Gasteiger partial charge is 0.405 e. The summed E-state index contributed by atoms with van der Waals surface area (Å²) in [6.07, 6.45) is -0.140. The van der Waals surface area contributed by atoms with Crippen molar-refractivity contribution >= 4 is 40.4 Å². The number of alkyl halides is 3. The van der Waals surface area contributed by atoms with Gasteiger partial charge in [0, 0.05) is 29.2 Å². The Labute approximate surface area is 205 Å². The van der Waals surface area contributed by atoms with E-state index < -0.39 is 6.36 Å². The molecule has 0 radical (unpaired) electrons. The number of hydrogen-bond donors (Lipinski definition) is 2. The van der Waals surface area contributed by atoms with Gasteiger partial charge in [0.05, 0.1) is 35.3 Å². The number of aromatic amines is 1. The minimum Gasteiger partial charge on any atom is -0.405 e. The molecule has 3 N–H and O–H groups in total. The Morgan fingerprint density at radius 2 is 1.97 bits per heavy atom. The third kappa shape index (κ3) is 5.54. The Morgan fingerprint density at radius 1 is 1.17 bits per heavy atom. The second kappa shape index (κ2) is 10.3. The highest BCUT2D eigenvalue weighted by molar-refractivity contribution is 6.09. The SMILES string of the molecule is C=Nc1ccc(C(C=CN)=NCc2ccccc2OC(F)(F)F)cc1N(C)c1ccc2cn[nH]c2c1. The van der Waals surface area contributed by atoms with E-state index in [1.165, 1.54) is 24.4 Å². The lowest BCUT2D eigenvalue weighted by Crippen LogP contribution is -2.18. The minimum absolute atomic E-state index is 0.0466. The van der Waals surface area contributed by atoms with Gasteiger partial charge in [-0.25, -0.2) is 0 Å². The van der Waals surface area contributed by atoms with Gasteiger partial charge in [-0.2, -0.15) is 5.10 Å². The molecule has 0 spiro atoms. The van der Waals surface area contributed by atoms with Gasteiger partial charge in [0.15, 0.2) is 0 Å². The minimum atomic E-state index is -4.80.